The molecule has 0 bridgehead atoms. The molecular formula is C17H18ClF3N4OS. The number of hydrogen-bond donors (Lipinski definition) is 2. The minimum absolute atomic E-state index is 0.118. The Bertz CT molecular complexity index is 835. The van der Waals surface area contributed by atoms with E-state index in [2.05, 4.69) is 15.7 Å². The first-order valence-electron chi connectivity index (χ1n) is 8.19. The minimum atomic E-state index is -2.76. The Balaban J connectivity index is 1.78. The second-order valence-corrected chi connectivity index (χ2v) is 7.14. The van der Waals surface area contributed by atoms with Gasteiger partial charge in [-0.3, -0.25) is 5.32 Å². The van der Waals surface area contributed by atoms with Crippen LogP contribution in [0.25, 0.3) is 0 Å². The Hall–Kier alpha value is -1.68. The van der Waals surface area contributed by atoms with Crippen molar-refractivity contribution in [3.8, 4) is 0 Å². The molecule has 1 aromatic carbocycles. The molecule has 1 aliphatic rings. The number of benzene rings is 1. The summed E-state index contributed by atoms with van der Waals surface area (Å²) in [5.41, 5.74) is 0.531. The third-order valence-electron chi connectivity index (χ3n) is 4.33. The van der Waals surface area contributed by atoms with E-state index in [-0.39, 0.29) is 35.7 Å². The lowest BCUT2D eigenvalue weighted by atomic mass is 9.90. The molecule has 0 saturated carbocycles. The van der Waals surface area contributed by atoms with Gasteiger partial charge in [0.2, 0.25) is 0 Å². The average molecular weight is 419 g/mol. The highest BCUT2D eigenvalue weighted by molar-refractivity contribution is 7.79. The first-order valence-corrected chi connectivity index (χ1v) is 9.03. The SMILES string of the molecule is C[C@@]1(c2cc(NCc3nn(C(F)F)cc3Cl)ccc2F)COCC(C=S)N1. The van der Waals surface area contributed by atoms with Crippen molar-refractivity contribution in [2.24, 2.45) is 0 Å². The van der Waals surface area contributed by atoms with Crippen molar-refractivity contribution in [1.29, 1.82) is 0 Å². The summed E-state index contributed by atoms with van der Waals surface area (Å²) >= 11 is 10.9. The number of nitrogens with zero attached hydrogens (tertiary/aromatic N) is 2. The Labute approximate surface area is 164 Å². The van der Waals surface area contributed by atoms with Crippen molar-refractivity contribution in [1.82, 2.24) is 15.1 Å². The molecule has 0 aliphatic carbocycles. The fourth-order valence-electron chi connectivity index (χ4n) is 2.98. The van der Waals surface area contributed by atoms with Gasteiger partial charge in [-0.1, -0.05) is 23.8 Å². The summed E-state index contributed by atoms with van der Waals surface area (Å²) in [6, 6.07) is 4.38. The Morgan fingerprint density at radius 1 is 1.56 bits per heavy atom. The van der Waals surface area contributed by atoms with Crippen molar-refractivity contribution in [3.05, 3.63) is 46.5 Å². The Kier molecular flexibility index (Phi) is 6.05. The molecule has 3 rings (SSSR count). The maximum absolute atomic E-state index is 14.5. The van der Waals surface area contributed by atoms with Crippen LogP contribution in [0.1, 0.15) is 24.7 Å². The second kappa shape index (κ2) is 8.14. The summed E-state index contributed by atoms with van der Waals surface area (Å²) in [5.74, 6) is -0.385. The van der Waals surface area contributed by atoms with Crippen LogP contribution in [-0.4, -0.2) is 34.4 Å². The van der Waals surface area contributed by atoms with E-state index < -0.39 is 12.1 Å². The van der Waals surface area contributed by atoms with Crippen LogP contribution in [0.3, 0.4) is 0 Å². The molecule has 10 heteroatoms. The van der Waals surface area contributed by atoms with E-state index in [9.17, 15) is 13.2 Å². The molecule has 1 aliphatic heterocycles. The van der Waals surface area contributed by atoms with Gasteiger partial charge in [0.15, 0.2) is 0 Å². The van der Waals surface area contributed by atoms with Crippen molar-refractivity contribution >= 4 is 34.9 Å². The molecule has 1 unspecified atom stereocenters. The van der Waals surface area contributed by atoms with E-state index in [1.54, 1.807) is 17.5 Å². The predicted octanol–water partition coefficient (Wildman–Crippen LogP) is 3.89. The summed E-state index contributed by atoms with van der Waals surface area (Å²) < 4.78 is 45.9. The van der Waals surface area contributed by atoms with Gasteiger partial charge in [0.25, 0.3) is 0 Å². The van der Waals surface area contributed by atoms with Crippen LogP contribution in [0.15, 0.2) is 24.4 Å². The van der Waals surface area contributed by atoms with E-state index in [1.165, 1.54) is 6.07 Å². The van der Waals surface area contributed by atoms with Crippen LogP contribution in [0, 0.1) is 5.82 Å². The topological polar surface area (TPSA) is 51.1 Å². The van der Waals surface area contributed by atoms with Gasteiger partial charge < -0.3 is 10.1 Å². The van der Waals surface area contributed by atoms with Crippen LogP contribution < -0.4 is 10.6 Å². The number of hydrogen-bond acceptors (Lipinski definition) is 5. The molecule has 0 radical (unpaired) electrons. The fourth-order valence-corrected chi connectivity index (χ4v) is 3.33. The van der Waals surface area contributed by atoms with Crippen LogP contribution in [0.4, 0.5) is 18.9 Å². The monoisotopic (exact) mass is 418 g/mol. The van der Waals surface area contributed by atoms with Crippen LogP contribution in [-0.2, 0) is 16.8 Å². The number of nitrogens with one attached hydrogen (secondary N) is 2. The molecule has 0 spiro atoms. The van der Waals surface area contributed by atoms with E-state index >= 15 is 0 Å². The smallest absolute Gasteiger partial charge is 0.333 e. The summed E-state index contributed by atoms with van der Waals surface area (Å²) in [5, 5.41) is 11.7. The number of alkyl halides is 2. The number of thiocarbonyl (C=S) groups is 1. The molecule has 2 aromatic rings. The lowest BCUT2D eigenvalue weighted by Gasteiger charge is -2.39. The van der Waals surface area contributed by atoms with Gasteiger partial charge in [-0.25, -0.2) is 9.07 Å². The Morgan fingerprint density at radius 2 is 2.33 bits per heavy atom. The van der Waals surface area contributed by atoms with Crippen LogP contribution in [0.5, 0.6) is 0 Å². The molecule has 1 fully saturated rings. The fraction of sp³-hybridized carbons (Fsp3) is 0.412. The summed E-state index contributed by atoms with van der Waals surface area (Å²) in [7, 11) is 0. The molecule has 27 heavy (non-hydrogen) atoms. The predicted molar refractivity (Wildman–Crippen MR) is 101 cm³/mol. The van der Waals surface area contributed by atoms with E-state index in [1.807, 2.05) is 6.92 Å². The number of morpholine rings is 1. The van der Waals surface area contributed by atoms with E-state index in [0.29, 0.717) is 22.5 Å². The van der Waals surface area contributed by atoms with Crippen LogP contribution in [0.2, 0.25) is 5.02 Å². The maximum Gasteiger partial charge on any atom is 0.333 e. The van der Waals surface area contributed by atoms with Gasteiger partial charge in [0.05, 0.1) is 36.4 Å². The zero-order chi connectivity index (χ0) is 19.6. The van der Waals surface area contributed by atoms with Crippen LogP contribution >= 0.6 is 23.8 Å². The zero-order valence-corrected chi connectivity index (χ0v) is 16.0. The van der Waals surface area contributed by atoms with Gasteiger partial charge in [-0.15, -0.1) is 0 Å². The summed E-state index contributed by atoms with van der Waals surface area (Å²) in [4.78, 5) is 0. The number of aromatic nitrogens is 2. The molecular weight excluding hydrogens is 401 g/mol. The third kappa shape index (κ3) is 4.43. The number of rotatable bonds is 6. The largest absolute Gasteiger partial charge is 0.379 e. The molecule has 0 amide bonds. The molecule has 1 saturated heterocycles. The lowest BCUT2D eigenvalue weighted by molar-refractivity contribution is 0.0203. The number of anilines is 1. The molecule has 2 N–H and O–H groups in total. The van der Waals surface area contributed by atoms with E-state index in [0.717, 1.165) is 6.20 Å². The van der Waals surface area contributed by atoms with Gasteiger partial charge >= 0.3 is 6.55 Å². The normalized spacial score (nSPS) is 22.8. The van der Waals surface area contributed by atoms with Gasteiger partial charge in [-0.05, 0) is 30.5 Å². The zero-order valence-electron chi connectivity index (χ0n) is 14.4. The minimum Gasteiger partial charge on any atom is -0.379 e. The summed E-state index contributed by atoms with van der Waals surface area (Å²) in [6.07, 6.45) is 1.06. The van der Waals surface area contributed by atoms with Crippen molar-refractivity contribution in [3.63, 3.8) is 0 Å². The third-order valence-corrected chi connectivity index (χ3v) is 4.98. The van der Waals surface area contributed by atoms with Crippen molar-refractivity contribution in [2.75, 3.05) is 18.5 Å². The molecule has 2 heterocycles. The molecule has 5 nitrogen and oxygen atoms in total. The number of ether oxygens (including phenoxy) is 1. The standard InChI is InChI=1S/C17H18ClF3N4OS/c1-17(9-26-7-11(8-27)23-17)12-4-10(2-3-14(12)19)22-5-15-13(18)6-25(24-15)16(20)21/h2-4,6,8,11,16,22-23H,5,7,9H2,1H3/t11?,17-/m0/s1. The summed E-state index contributed by atoms with van der Waals surface area (Å²) in [6.45, 7) is -0.0874. The van der Waals surface area contributed by atoms with Gasteiger partial charge in [-0.2, -0.15) is 13.9 Å². The lowest BCUT2D eigenvalue weighted by Crippen LogP contribution is -2.56. The molecule has 2 atom stereocenters. The van der Waals surface area contributed by atoms with E-state index in [4.69, 9.17) is 28.6 Å². The number of halogens is 4. The molecule has 146 valence electrons. The Morgan fingerprint density at radius 3 is 3.00 bits per heavy atom. The highest BCUT2D eigenvalue weighted by Gasteiger charge is 2.35. The van der Waals surface area contributed by atoms with Crippen molar-refractivity contribution in [2.45, 2.75) is 31.6 Å². The second-order valence-electron chi connectivity index (χ2n) is 6.46. The van der Waals surface area contributed by atoms with Crippen molar-refractivity contribution < 1.29 is 17.9 Å². The quantitative estimate of drug-likeness (QED) is 0.697. The average Bonchev–Trinajstić information content (AvgIpc) is 3.02. The first kappa shape index (κ1) is 20.1. The molecule has 1 aromatic heterocycles. The highest BCUT2D eigenvalue weighted by Crippen LogP contribution is 2.30. The highest BCUT2D eigenvalue weighted by atomic mass is 35.5. The van der Waals surface area contributed by atoms with Gasteiger partial charge in [0, 0.05) is 17.4 Å². The first-order chi connectivity index (χ1) is 12.8. The maximum atomic E-state index is 14.5. The van der Waals surface area contributed by atoms with Gasteiger partial charge in [0.1, 0.15) is 11.5 Å².